The first-order valence-electron chi connectivity index (χ1n) is 4.77. The first-order chi connectivity index (χ1) is 7.88. The van der Waals surface area contributed by atoms with Gasteiger partial charge in [-0.05, 0) is 18.1 Å². The van der Waals surface area contributed by atoms with Gasteiger partial charge >= 0.3 is 6.36 Å². The van der Waals surface area contributed by atoms with Crippen LogP contribution in [-0.2, 0) is 6.42 Å². The van der Waals surface area contributed by atoms with Crippen molar-refractivity contribution < 1.29 is 17.9 Å². The molecule has 18 heavy (non-hydrogen) atoms. The first-order valence-corrected chi connectivity index (χ1v) is 4.77. The van der Waals surface area contributed by atoms with Crippen LogP contribution in [0.2, 0.25) is 0 Å². The fraction of sp³-hybridized carbons (Fsp3) is 0.300. The molecule has 1 aromatic carbocycles. The van der Waals surface area contributed by atoms with E-state index in [1.807, 2.05) is 0 Å². The number of rotatable bonds is 4. The zero-order chi connectivity index (χ0) is 12.9. The zero-order valence-corrected chi connectivity index (χ0v) is 11.6. The lowest BCUT2D eigenvalue weighted by Gasteiger charge is -2.12. The molecule has 0 fully saturated rings. The Labute approximate surface area is 119 Å². The third-order valence-corrected chi connectivity index (χ3v) is 1.87. The molecule has 0 heterocycles. The monoisotopic (exact) mass is 375 g/mol. The van der Waals surface area contributed by atoms with Gasteiger partial charge in [-0.1, -0.05) is 18.2 Å². The highest BCUT2D eigenvalue weighted by molar-refractivity contribution is 14.0. The van der Waals surface area contributed by atoms with E-state index < -0.39 is 6.36 Å². The van der Waals surface area contributed by atoms with Crippen molar-refractivity contribution in [2.24, 2.45) is 16.5 Å². The number of para-hydroxylation sites is 1. The fourth-order valence-electron chi connectivity index (χ4n) is 1.24. The van der Waals surface area contributed by atoms with Gasteiger partial charge < -0.3 is 16.2 Å². The average Bonchev–Trinajstić information content (AvgIpc) is 2.17. The summed E-state index contributed by atoms with van der Waals surface area (Å²) in [5.74, 6) is -0.329. The summed E-state index contributed by atoms with van der Waals surface area (Å²) in [6, 6.07) is 5.86. The van der Waals surface area contributed by atoms with Crippen LogP contribution >= 0.6 is 24.0 Å². The lowest BCUT2D eigenvalue weighted by Crippen LogP contribution is -2.23. The van der Waals surface area contributed by atoms with Gasteiger partial charge in [-0.25, -0.2) is 0 Å². The molecule has 0 aliphatic rings. The van der Waals surface area contributed by atoms with Crippen LogP contribution in [0.1, 0.15) is 5.56 Å². The lowest BCUT2D eigenvalue weighted by atomic mass is 10.1. The van der Waals surface area contributed by atoms with Crippen molar-refractivity contribution in [3.8, 4) is 5.75 Å². The molecule has 0 amide bonds. The SMILES string of the molecule is I.NC(N)=NCCc1ccccc1OC(F)(F)F. The van der Waals surface area contributed by atoms with E-state index in [2.05, 4.69) is 9.73 Å². The molecule has 1 rings (SSSR count). The van der Waals surface area contributed by atoms with Crippen LogP contribution in [-0.4, -0.2) is 18.9 Å². The molecule has 0 atom stereocenters. The quantitative estimate of drug-likeness (QED) is 0.481. The van der Waals surface area contributed by atoms with Crippen LogP contribution in [0, 0.1) is 0 Å². The number of halogens is 4. The molecule has 0 aromatic heterocycles. The Morgan fingerprint density at radius 1 is 1.22 bits per heavy atom. The highest BCUT2D eigenvalue weighted by atomic mass is 127. The van der Waals surface area contributed by atoms with Crippen molar-refractivity contribution in [1.82, 2.24) is 0 Å². The van der Waals surface area contributed by atoms with E-state index in [0.717, 1.165) is 0 Å². The van der Waals surface area contributed by atoms with Gasteiger partial charge in [0.2, 0.25) is 0 Å². The number of alkyl halides is 3. The number of hydrogen-bond donors (Lipinski definition) is 2. The minimum absolute atomic E-state index is 0. The Morgan fingerprint density at radius 3 is 2.39 bits per heavy atom. The molecular formula is C10H13F3IN3O. The summed E-state index contributed by atoms with van der Waals surface area (Å²) in [4.78, 5) is 3.69. The lowest BCUT2D eigenvalue weighted by molar-refractivity contribution is -0.274. The Kier molecular flexibility index (Phi) is 6.81. The molecule has 0 saturated carbocycles. The Balaban J connectivity index is 0.00000289. The predicted octanol–water partition coefficient (Wildman–Crippen LogP) is 2.02. The second-order valence-electron chi connectivity index (χ2n) is 3.21. The third-order valence-electron chi connectivity index (χ3n) is 1.87. The van der Waals surface area contributed by atoms with Crippen molar-refractivity contribution >= 4 is 29.9 Å². The number of aliphatic imine (C=N–C) groups is 1. The number of ether oxygens (including phenoxy) is 1. The molecule has 0 aliphatic heterocycles. The van der Waals surface area contributed by atoms with E-state index in [4.69, 9.17) is 11.5 Å². The van der Waals surface area contributed by atoms with Gasteiger partial charge in [-0.2, -0.15) is 0 Å². The average molecular weight is 375 g/mol. The molecule has 0 radical (unpaired) electrons. The highest BCUT2D eigenvalue weighted by Crippen LogP contribution is 2.26. The Hall–Kier alpha value is -1.19. The molecule has 0 bridgehead atoms. The van der Waals surface area contributed by atoms with Crippen LogP contribution in [0.5, 0.6) is 5.75 Å². The van der Waals surface area contributed by atoms with Crippen LogP contribution in [0.4, 0.5) is 13.2 Å². The van der Waals surface area contributed by atoms with Crippen molar-refractivity contribution in [2.45, 2.75) is 12.8 Å². The van der Waals surface area contributed by atoms with Crippen molar-refractivity contribution in [3.05, 3.63) is 29.8 Å². The van der Waals surface area contributed by atoms with Crippen molar-refractivity contribution in [3.63, 3.8) is 0 Å². The van der Waals surface area contributed by atoms with Crippen molar-refractivity contribution in [1.29, 1.82) is 0 Å². The number of guanidine groups is 1. The largest absolute Gasteiger partial charge is 0.573 e. The van der Waals surface area contributed by atoms with Gasteiger partial charge in [0.05, 0.1) is 0 Å². The second-order valence-corrected chi connectivity index (χ2v) is 3.21. The van der Waals surface area contributed by atoms with E-state index in [9.17, 15) is 13.2 Å². The van der Waals surface area contributed by atoms with Gasteiger partial charge in [0.15, 0.2) is 5.96 Å². The molecule has 8 heteroatoms. The topological polar surface area (TPSA) is 73.6 Å². The number of nitrogens with two attached hydrogens (primary N) is 2. The molecule has 0 saturated heterocycles. The second kappa shape index (κ2) is 7.29. The van der Waals surface area contributed by atoms with E-state index in [1.54, 1.807) is 6.07 Å². The maximum absolute atomic E-state index is 12.1. The summed E-state index contributed by atoms with van der Waals surface area (Å²) >= 11 is 0. The van der Waals surface area contributed by atoms with Crippen LogP contribution in [0.3, 0.4) is 0 Å². The summed E-state index contributed by atoms with van der Waals surface area (Å²) in [5, 5.41) is 0. The molecule has 4 nitrogen and oxygen atoms in total. The molecule has 1 aromatic rings. The fourth-order valence-corrected chi connectivity index (χ4v) is 1.24. The van der Waals surface area contributed by atoms with E-state index in [0.29, 0.717) is 5.56 Å². The van der Waals surface area contributed by atoms with Crippen molar-refractivity contribution in [2.75, 3.05) is 6.54 Å². The smallest absolute Gasteiger partial charge is 0.406 e. The minimum Gasteiger partial charge on any atom is -0.406 e. The highest BCUT2D eigenvalue weighted by Gasteiger charge is 2.31. The number of hydrogen-bond acceptors (Lipinski definition) is 2. The zero-order valence-electron chi connectivity index (χ0n) is 9.28. The summed E-state index contributed by atoms with van der Waals surface area (Å²) in [5.41, 5.74) is 10.6. The predicted molar refractivity (Wildman–Crippen MR) is 72.9 cm³/mol. The maximum atomic E-state index is 12.1. The summed E-state index contributed by atoms with van der Waals surface area (Å²) in [6.07, 6.45) is -4.43. The standard InChI is InChI=1S/C10H12F3N3O.HI/c11-10(12,13)17-8-4-2-1-3-7(8)5-6-16-9(14)15;/h1-4H,5-6H2,(H4,14,15,16);1H. The van der Waals surface area contributed by atoms with Gasteiger partial charge in [-0.3, -0.25) is 4.99 Å². The Morgan fingerprint density at radius 2 is 1.83 bits per heavy atom. The van der Waals surface area contributed by atoms with Crippen LogP contribution < -0.4 is 16.2 Å². The van der Waals surface area contributed by atoms with Crippen LogP contribution in [0.25, 0.3) is 0 Å². The molecule has 0 unspecified atom stereocenters. The third kappa shape index (κ3) is 6.52. The van der Waals surface area contributed by atoms with Crippen LogP contribution in [0.15, 0.2) is 29.3 Å². The molecule has 4 N–H and O–H groups in total. The minimum atomic E-state index is -4.70. The summed E-state index contributed by atoms with van der Waals surface area (Å²) in [6.45, 7) is 0.209. The Bertz CT molecular complexity index is 406. The van der Waals surface area contributed by atoms with Gasteiger partial charge in [0.25, 0.3) is 0 Å². The molecule has 102 valence electrons. The number of nitrogens with zero attached hydrogens (tertiary/aromatic N) is 1. The van der Waals surface area contributed by atoms with Gasteiger partial charge in [-0.15, -0.1) is 37.1 Å². The molecule has 0 spiro atoms. The van der Waals surface area contributed by atoms with Gasteiger partial charge in [0, 0.05) is 6.54 Å². The summed E-state index contributed by atoms with van der Waals surface area (Å²) in [7, 11) is 0. The van der Waals surface area contributed by atoms with E-state index in [1.165, 1.54) is 18.2 Å². The normalized spacial score (nSPS) is 10.4. The van der Waals surface area contributed by atoms with Gasteiger partial charge in [0.1, 0.15) is 5.75 Å². The summed E-state index contributed by atoms with van der Waals surface area (Å²) < 4.78 is 40.1. The van der Waals surface area contributed by atoms with E-state index >= 15 is 0 Å². The first kappa shape index (κ1) is 16.8. The van der Waals surface area contributed by atoms with E-state index in [-0.39, 0.29) is 48.7 Å². The molecular weight excluding hydrogens is 362 g/mol. The molecule has 0 aliphatic carbocycles. The maximum Gasteiger partial charge on any atom is 0.573 e. The number of benzene rings is 1.